The zero-order valence-electron chi connectivity index (χ0n) is 9.53. The van der Waals surface area contributed by atoms with Gasteiger partial charge in [-0.2, -0.15) is 0 Å². The first-order valence-electron chi connectivity index (χ1n) is 5.48. The molecule has 0 bridgehead atoms. The van der Waals surface area contributed by atoms with Crippen LogP contribution in [-0.4, -0.2) is 29.2 Å². The fourth-order valence-corrected chi connectivity index (χ4v) is 2.33. The van der Waals surface area contributed by atoms with E-state index in [9.17, 15) is 0 Å². The largest absolute Gasteiger partial charge is 0.381 e. The van der Waals surface area contributed by atoms with Crippen molar-refractivity contribution < 1.29 is 4.74 Å². The molecule has 88 valence electrons. The molecule has 5 heteroatoms. The maximum atomic E-state index is 5.80. The summed E-state index contributed by atoms with van der Waals surface area (Å²) in [5.74, 6) is 0.805. The number of hydrogen-bond donors (Lipinski definition) is 1. The molecule has 0 spiro atoms. The van der Waals surface area contributed by atoms with E-state index in [2.05, 4.69) is 15.3 Å². The van der Waals surface area contributed by atoms with Crippen LogP contribution in [0.25, 0.3) is 0 Å². The topological polar surface area (TPSA) is 47.0 Å². The number of ether oxygens (including phenoxy) is 1. The molecule has 1 aliphatic rings. The monoisotopic (exact) mass is 241 g/mol. The number of methoxy groups -OCH3 is 1. The van der Waals surface area contributed by atoms with E-state index >= 15 is 0 Å². The summed E-state index contributed by atoms with van der Waals surface area (Å²) in [7, 11) is 1.76. The van der Waals surface area contributed by atoms with Gasteiger partial charge in [0.2, 0.25) is 5.28 Å². The number of rotatable bonds is 3. The minimum Gasteiger partial charge on any atom is -0.381 e. The smallest absolute Gasteiger partial charge is 0.224 e. The highest BCUT2D eigenvalue weighted by Crippen LogP contribution is 2.24. The van der Waals surface area contributed by atoms with Crippen molar-refractivity contribution in [2.45, 2.75) is 38.3 Å². The van der Waals surface area contributed by atoms with Crippen LogP contribution in [0.3, 0.4) is 0 Å². The van der Waals surface area contributed by atoms with E-state index in [-0.39, 0.29) is 0 Å². The number of aryl methyl sites for hydroxylation is 1. The lowest BCUT2D eigenvalue weighted by molar-refractivity contribution is 0.108. The summed E-state index contributed by atoms with van der Waals surface area (Å²) in [6.07, 6.45) is 3.61. The van der Waals surface area contributed by atoms with Crippen LogP contribution in [0.2, 0.25) is 5.28 Å². The average Bonchev–Trinajstić information content (AvgIpc) is 2.64. The number of anilines is 1. The number of aromatic nitrogens is 2. The Morgan fingerprint density at radius 1 is 1.44 bits per heavy atom. The molecule has 1 saturated carbocycles. The van der Waals surface area contributed by atoms with Crippen molar-refractivity contribution in [2.24, 2.45) is 0 Å². The molecule has 1 aromatic heterocycles. The first-order chi connectivity index (χ1) is 7.67. The molecule has 0 radical (unpaired) electrons. The van der Waals surface area contributed by atoms with Gasteiger partial charge in [-0.3, -0.25) is 0 Å². The maximum Gasteiger partial charge on any atom is 0.224 e. The van der Waals surface area contributed by atoms with Gasteiger partial charge in [0, 0.05) is 24.9 Å². The summed E-state index contributed by atoms with van der Waals surface area (Å²) < 4.78 is 5.33. The molecule has 1 heterocycles. The molecule has 0 aromatic carbocycles. The van der Waals surface area contributed by atoms with Gasteiger partial charge in [0.25, 0.3) is 0 Å². The summed E-state index contributed by atoms with van der Waals surface area (Å²) in [6, 6.07) is 2.33. The van der Waals surface area contributed by atoms with Crippen molar-refractivity contribution in [1.29, 1.82) is 0 Å². The Kier molecular flexibility index (Phi) is 3.61. The van der Waals surface area contributed by atoms with E-state index in [0.29, 0.717) is 17.4 Å². The van der Waals surface area contributed by atoms with E-state index in [0.717, 1.165) is 30.8 Å². The SMILES string of the molecule is COC1CCC(Nc2cc(C)nc(Cl)n2)C1. The van der Waals surface area contributed by atoms with Gasteiger partial charge in [-0.1, -0.05) is 0 Å². The average molecular weight is 242 g/mol. The first-order valence-corrected chi connectivity index (χ1v) is 5.85. The van der Waals surface area contributed by atoms with Crippen LogP contribution in [-0.2, 0) is 4.74 Å². The van der Waals surface area contributed by atoms with Crippen LogP contribution in [0.1, 0.15) is 25.0 Å². The van der Waals surface area contributed by atoms with Crippen LogP contribution in [0.5, 0.6) is 0 Å². The normalized spacial score (nSPS) is 24.7. The van der Waals surface area contributed by atoms with Crippen LogP contribution >= 0.6 is 11.6 Å². The molecule has 0 aliphatic heterocycles. The Balaban J connectivity index is 1.99. The third-order valence-corrected chi connectivity index (χ3v) is 3.07. The highest BCUT2D eigenvalue weighted by atomic mass is 35.5. The van der Waals surface area contributed by atoms with Crippen LogP contribution in [0.4, 0.5) is 5.82 Å². The fraction of sp³-hybridized carbons (Fsp3) is 0.636. The lowest BCUT2D eigenvalue weighted by Gasteiger charge is -2.13. The lowest BCUT2D eigenvalue weighted by Crippen LogP contribution is -2.18. The fourth-order valence-electron chi connectivity index (χ4n) is 2.10. The van der Waals surface area contributed by atoms with Gasteiger partial charge in [0.1, 0.15) is 5.82 Å². The van der Waals surface area contributed by atoms with E-state index in [4.69, 9.17) is 16.3 Å². The van der Waals surface area contributed by atoms with Gasteiger partial charge in [0.15, 0.2) is 0 Å². The summed E-state index contributed by atoms with van der Waals surface area (Å²) in [4.78, 5) is 8.18. The van der Waals surface area contributed by atoms with Gasteiger partial charge >= 0.3 is 0 Å². The second-order valence-corrected chi connectivity index (χ2v) is 4.51. The van der Waals surface area contributed by atoms with E-state index < -0.39 is 0 Å². The molecule has 2 unspecified atom stereocenters. The first kappa shape index (κ1) is 11.6. The van der Waals surface area contributed by atoms with Gasteiger partial charge in [-0.05, 0) is 37.8 Å². The van der Waals surface area contributed by atoms with Gasteiger partial charge in [-0.15, -0.1) is 0 Å². The molecule has 16 heavy (non-hydrogen) atoms. The second kappa shape index (κ2) is 4.97. The molecule has 0 amide bonds. The zero-order chi connectivity index (χ0) is 11.5. The van der Waals surface area contributed by atoms with Crippen LogP contribution < -0.4 is 5.32 Å². The zero-order valence-corrected chi connectivity index (χ0v) is 10.3. The number of nitrogens with one attached hydrogen (secondary N) is 1. The molecule has 1 aliphatic carbocycles. The van der Waals surface area contributed by atoms with Crippen molar-refractivity contribution >= 4 is 17.4 Å². The molecule has 2 rings (SSSR count). The lowest BCUT2D eigenvalue weighted by atomic mass is 10.2. The van der Waals surface area contributed by atoms with Gasteiger partial charge < -0.3 is 10.1 Å². The summed E-state index contributed by atoms with van der Waals surface area (Å²) in [6.45, 7) is 1.91. The van der Waals surface area contributed by atoms with Gasteiger partial charge in [-0.25, -0.2) is 9.97 Å². The van der Waals surface area contributed by atoms with Crippen molar-refractivity contribution in [2.75, 3.05) is 12.4 Å². The molecule has 4 nitrogen and oxygen atoms in total. The third-order valence-electron chi connectivity index (χ3n) is 2.90. The van der Waals surface area contributed by atoms with Crippen LogP contribution in [0.15, 0.2) is 6.07 Å². The molecule has 0 saturated heterocycles. The molecule has 1 aromatic rings. The highest BCUT2D eigenvalue weighted by Gasteiger charge is 2.24. The Labute approximate surface area is 100 Å². The number of nitrogens with zero attached hydrogens (tertiary/aromatic N) is 2. The predicted octanol–water partition coefficient (Wildman–Crippen LogP) is 2.42. The third kappa shape index (κ3) is 2.83. The van der Waals surface area contributed by atoms with Crippen molar-refractivity contribution in [3.05, 3.63) is 17.0 Å². The Hall–Kier alpha value is -0.870. The Bertz CT molecular complexity index is 352. The predicted molar refractivity (Wildman–Crippen MR) is 63.8 cm³/mol. The maximum absolute atomic E-state index is 5.80. The van der Waals surface area contributed by atoms with Crippen LogP contribution in [0, 0.1) is 6.92 Å². The molecular formula is C11H16ClN3O. The van der Waals surface area contributed by atoms with E-state index in [1.165, 1.54) is 0 Å². The minimum absolute atomic E-state index is 0.295. The summed E-state index contributed by atoms with van der Waals surface area (Å²) in [5, 5.41) is 3.67. The van der Waals surface area contributed by atoms with Crippen molar-refractivity contribution in [3.8, 4) is 0 Å². The molecule has 1 fully saturated rings. The molecular weight excluding hydrogens is 226 g/mol. The van der Waals surface area contributed by atoms with E-state index in [1.807, 2.05) is 13.0 Å². The Morgan fingerprint density at radius 3 is 2.88 bits per heavy atom. The van der Waals surface area contributed by atoms with E-state index in [1.54, 1.807) is 7.11 Å². The number of halogens is 1. The van der Waals surface area contributed by atoms with Crippen molar-refractivity contribution in [1.82, 2.24) is 9.97 Å². The highest BCUT2D eigenvalue weighted by molar-refractivity contribution is 6.28. The Morgan fingerprint density at radius 2 is 2.25 bits per heavy atom. The standard InChI is InChI=1S/C11H16ClN3O/c1-7-5-10(15-11(12)13-7)14-8-3-4-9(6-8)16-2/h5,8-9H,3-4,6H2,1-2H3,(H,13,14,15). The second-order valence-electron chi connectivity index (χ2n) is 4.18. The number of hydrogen-bond acceptors (Lipinski definition) is 4. The summed E-state index contributed by atoms with van der Waals surface area (Å²) in [5.41, 5.74) is 0.879. The molecule has 2 atom stereocenters. The summed E-state index contributed by atoms with van der Waals surface area (Å²) >= 11 is 5.80. The van der Waals surface area contributed by atoms with Gasteiger partial charge in [0.05, 0.1) is 6.10 Å². The molecule has 1 N–H and O–H groups in total. The quantitative estimate of drug-likeness (QED) is 0.826. The van der Waals surface area contributed by atoms with Crippen molar-refractivity contribution in [3.63, 3.8) is 0 Å². The minimum atomic E-state index is 0.295.